The fourth-order valence-electron chi connectivity index (χ4n) is 1.49. The molecule has 0 amide bonds. The molecule has 1 N–H and O–H groups in total. The Hall–Kier alpha value is -0.870. The number of aryl methyl sites for hydroxylation is 1. The molecule has 1 fully saturated rings. The van der Waals surface area contributed by atoms with Gasteiger partial charge in [-0.2, -0.15) is 0 Å². The summed E-state index contributed by atoms with van der Waals surface area (Å²) in [5, 5.41) is 0. The molecular weight excluding hydrogens is 210 g/mol. The van der Waals surface area contributed by atoms with Crippen molar-refractivity contribution in [3.63, 3.8) is 0 Å². The molecule has 0 radical (unpaired) electrons. The fourth-order valence-corrected chi connectivity index (χ4v) is 2.85. The Balaban J connectivity index is 2.16. The average molecular weight is 225 g/mol. The molecule has 0 saturated heterocycles. The van der Waals surface area contributed by atoms with Crippen LogP contribution in [0.25, 0.3) is 0 Å². The minimum Gasteiger partial charge on any atom is -0.211 e. The molecule has 1 aromatic rings. The lowest BCUT2D eigenvalue weighted by Crippen LogP contribution is -2.26. The summed E-state index contributed by atoms with van der Waals surface area (Å²) in [5.74, 6) is 0.559. The van der Waals surface area contributed by atoms with Crippen LogP contribution in [0.1, 0.15) is 18.4 Å². The average Bonchev–Trinajstić information content (AvgIpc) is 2.99. The minimum absolute atomic E-state index is 0.394. The smallest absolute Gasteiger partial charge is 0.211 e. The van der Waals surface area contributed by atoms with Crippen molar-refractivity contribution in [1.82, 2.24) is 4.72 Å². The van der Waals surface area contributed by atoms with E-state index in [-0.39, 0.29) is 0 Å². The van der Waals surface area contributed by atoms with E-state index in [0.29, 0.717) is 17.4 Å². The van der Waals surface area contributed by atoms with Crippen molar-refractivity contribution in [3.05, 3.63) is 29.8 Å². The van der Waals surface area contributed by atoms with Crippen LogP contribution in [0.4, 0.5) is 0 Å². The zero-order valence-corrected chi connectivity index (χ0v) is 9.55. The highest BCUT2D eigenvalue weighted by atomic mass is 32.2. The zero-order valence-electron chi connectivity index (χ0n) is 8.73. The molecule has 0 atom stereocenters. The second-order valence-corrected chi connectivity index (χ2v) is 5.80. The first kappa shape index (κ1) is 10.6. The van der Waals surface area contributed by atoms with Gasteiger partial charge in [-0.05, 0) is 37.3 Å². The standard InChI is InChI=1S/C11H15NO2S/c1-9-4-2-3-5-11(9)15(13,14)12-8-10-6-7-10/h2-5,10,12H,6-8H2,1H3. The van der Waals surface area contributed by atoms with Crippen molar-refractivity contribution in [2.24, 2.45) is 5.92 Å². The lowest BCUT2D eigenvalue weighted by atomic mass is 10.2. The third kappa shape index (κ3) is 2.58. The van der Waals surface area contributed by atoms with Crippen molar-refractivity contribution >= 4 is 10.0 Å². The van der Waals surface area contributed by atoms with Gasteiger partial charge in [0.05, 0.1) is 4.90 Å². The molecule has 82 valence electrons. The second kappa shape index (κ2) is 3.94. The van der Waals surface area contributed by atoms with E-state index in [2.05, 4.69) is 4.72 Å². The SMILES string of the molecule is Cc1ccccc1S(=O)(=O)NCC1CC1. The van der Waals surface area contributed by atoms with Crippen molar-refractivity contribution in [2.45, 2.75) is 24.7 Å². The Bertz CT molecular complexity index is 449. The Labute approximate surface area is 90.6 Å². The van der Waals surface area contributed by atoms with Crippen LogP contribution < -0.4 is 4.72 Å². The van der Waals surface area contributed by atoms with Gasteiger partial charge in [0.1, 0.15) is 0 Å². The lowest BCUT2D eigenvalue weighted by molar-refractivity contribution is 0.577. The summed E-state index contributed by atoms with van der Waals surface area (Å²) in [6, 6.07) is 7.05. The quantitative estimate of drug-likeness (QED) is 0.847. The molecule has 1 aliphatic carbocycles. The summed E-state index contributed by atoms with van der Waals surface area (Å²) in [7, 11) is -3.30. The van der Waals surface area contributed by atoms with Gasteiger partial charge in [0, 0.05) is 6.54 Å². The molecule has 1 saturated carbocycles. The van der Waals surface area contributed by atoms with E-state index in [1.165, 1.54) is 0 Å². The van der Waals surface area contributed by atoms with Gasteiger partial charge < -0.3 is 0 Å². The summed E-state index contributed by atoms with van der Waals surface area (Å²) in [5.41, 5.74) is 0.792. The van der Waals surface area contributed by atoms with Crippen molar-refractivity contribution in [1.29, 1.82) is 0 Å². The fraction of sp³-hybridized carbons (Fsp3) is 0.455. The Morgan fingerprint density at radius 3 is 2.60 bits per heavy atom. The molecule has 0 spiro atoms. The summed E-state index contributed by atoms with van der Waals surface area (Å²) in [6.45, 7) is 2.39. The number of benzene rings is 1. The maximum absolute atomic E-state index is 11.9. The predicted molar refractivity (Wildman–Crippen MR) is 59.1 cm³/mol. The third-order valence-electron chi connectivity index (χ3n) is 2.64. The van der Waals surface area contributed by atoms with Gasteiger partial charge in [-0.3, -0.25) is 0 Å². The first-order chi connectivity index (χ1) is 7.09. The van der Waals surface area contributed by atoms with Crippen LogP contribution in [0.3, 0.4) is 0 Å². The monoisotopic (exact) mass is 225 g/mol. The van der Waals surface area contributed by atoms with Crippen LogP contribution in [0.2, 0.25) is 0 Å². The van der Waals surface area contributed by atoms with E-state index >= 15 is 0 Å². The Kier molecular flexibility index (Phi) is 2.80. The number of hydrogen-bond donors (Lipinski definition) is 1. The van der Waals surface area contributed by atoms with Gasteiger partial charge in [0.2, 0.25) is 10.0 Å². The molecule has 1 aliphatic rings. The molecule has 0 unspecified atom stereocenters. The molecule has 3 nitrogen and oxygen atoms in total. The molecule has 2 rings (SSSR count). The third-order valence-corrected chi connectivity index (χ3v) is 4.23. The van der Waals surface area contributed by atoms with Crippen molar-refractivity contribution in [2.75, 3.05) is 6.54 Å². The lowest BCUT2D eigenvalue weighted by Gasteiger charge is -2.08. The van der Waals surface area contributed by atoms with E-state index in [0.717, 1.165) is 18.4 Å². The molecule has 1 aromatic carbocycles. The van der Waals surface area contributed by atoms with E-state index in [9.17, 15) is 8.42 Å². The number of hydrogen-bond acceptors (Lipinski definition) is 2. The van der Waals surface area contributed by atoms with E-state index < -0.39 is 10.0 Å². The van der Waals surface area contributed by atoms with Gasteiger partial charge in [0.15, 0.2) is 0 Å². The maximum Gasteiger partial charge on any atom is 0.240 e. The van der Waals surface area contributed by atoms with Crippen molar-refractivity contribution in [3.8, 4) is 0 Å². The molecule has 0 bridgehead atoms. The molecule has 0 aromatic heterocycles. The maximum atomic E-state index is 11.9. The number of nitrogens with one attached hydrogen (secondary N) is 1. The van der Waals surface area contributed by atoms with Gasteiger partial charge in [-0.25, -0.2) is 13.1 Å². The van der Waals surface area contributed by atoms with E-state index in [1.807, 2.05) is 19.1 Å². The predicted octanol–water partition coefficient (Wildman–Crippen LogP) is 1.68. The van der Waals surface area contributed by atoms with Crippen LogP contribution in [0.15, 0.2) is 29.2 Å². The number of rotatable bonds is 4. The summed E-state index contributed by atoms with van der Waals surface area (Å²) in [6.07, 6.45) is 2.30. The Morgan fingerprint density at radius 2 is 2.00 bits per heavy atom. The summed E-state index contributed by atoms with van der Waals surface area (Å²) < 4.78 is 26.4. The van der Waals surface area contributed by atoms with Crippen LogP contribution in [-0.4, -0.2) is 15.0 Å². The topological polar surface area (TPSA) is 46.2 Å². The molecule has 4 heteroatoms. The summed E-state index contributed by atoms with van der Waals surface area (Å²) >= 11 is 0. The minimum atomic E-state index is -3.30. The first-order valence-electron chi connectivity index (χ1n) is 5.15. The second-order valence-electron chi connectivity index (χ2n) is 4.06. The van der Waals surface area contributed by atoms with Crippen molar-refractivity contribution < 1.29 is 8.42 Å². The van der Waals surface area contributed by atoms with Gasteiger partial charge in [0.25, 0.3) is 0 Å². The Morgan fingerprint density at radius 1 is 1.33 bits per heavy atom. The van der Waals surface area contributed by atoms with Crippen LogP contribution in [-0.2, 0) is 10.0 Å². The van der Waals surface area contributed by atoms with Crippen LogP contribution >= 0.6 is 0 Å². The normalized spacial score (nSPS) is 16.6. The summed E-state index contributed by atoms with van der Waals surface area (Å²) in [4.78, 5) is 0.394. The largest absolute Gasteiger partial charge is 0.240 e. The van der Waals surface area contributed by atoms with Gasteiger partial charge in [-0.15, -0.1) is 0 Å². The number of sulfonamides is 1. The van der Waals surface area contributed by atoms with Gasteiger partial charge in [-0.1, -0.05) is 18.2 Å². The van der Waals surface area contributed by atoms with E-state index in [1.54, 1.807) is 12.1 Å². The molecule has 0 heterocycles. The van der Waals surface area contributed by atoms with Gasteiger partial charge >= 0.3 is 0 Å². The molecule has 15 heavy (non-hydrogen) atoms. The van der Waals surface area contributed by atoms with Crippen LogP contribution in [0.5, 0.6) is 0 Å². The highest BCUT2D eigenvalue weighted by Gasteiger charge is 2.24. The highest BCUT2D eigenvalue weighted by Crippen LogP contribution is 2.28. The highest BCUT2D eigenvalue weighted by molar-refractivity contribution is 7.89. The van der Waals surface area contributed by atoms with E-state index in [4.69, 9.17) is 0 Å². The van der Waals surface area contributed by atoms with Crippen LogP contribution in [0, 0.1) is 12.8 Å². The molecular formula is C11H15NO2S. The zero-order chi connectivity index (χ0) is 10.9. The molecule has 0 aliphatic heterocycles. The first-order valence-corrected chi connectivity index (χ1v) is 6.63.